The summed E-state index contributed by atoms with van der Waals surface area (Å²) >= 11 is 0. The molecule has 0 saturated carbocycles. The highest BCUT2D eigenvalue weighted by molar-refractivity contribution is 5.70. The van der Waals surface area contributed by atoms with Crippen LogP contribution in [0.25, 0.3) is 0 Å². The molecule has 15 heavy (non-hydrogen) atoms. The maximum Gasteiger partial charge on any atom is 0.306 e. The lowest BCUT2D eigenvalue weighted by molar-refractivity contribution is -0.224. The van der Waals surface area contributed by atoms with Crippen LogP contribution in [0, 0.1) is 0 Å². The smallest absolute Gasteiger partial charge is 0.306 e. The molecule has 3 fully saturated rings. The van der Waals surface area contributed by atoms with Crippen molar-refractivity contribution in [2.75, 3.05) is 0 Å². The second kappa shape index (κ2) is 2.93. The van der Waals surface area contributed by atoms with Crippen LogP contribution in [0.4, 0.5) is 0 Å². The minimum Gasteiger partial charge on any atom is -0.457 e. The summed E-state index contributed by atoms with van der Waals surface area (Å²) in [4.78, 5) is 11.2. The lowest BCUT2D eigenvalue weighted by Crippen LogP contribution is -2.41. The molecule has 3 rings (SSSR count). The van der Waals surface area contributed by atoms with Crippen LogP contribution in [-0.4, -0.2) is 36.4 Å². The Hall–Kier alpha value is -0.650. The van der Waals surface area contributed by atoms with E-state index in [2.05, 4.69) is 0 Å². The first-order chi connectivity index (χ1) is 7.05. The van der Waals surface area contributed by atoms with E-state index in [9.17, 15) is 4.79 Å². The van der Waals surface area contributed by atoms with Gasteiger partial charge in [-0.3, -0.25) is 4.79 Å². The van der Waals surface area contributed by atoms with Gasteiger partial charge in [-0.05, 0) is 20.3 Å². The Kier molecular flexibility index (Phi) is 1.87. The van der Waals surface area contributed by atoms with Crippen molar-refractivity contribution in [3.05, 3.63) is 0 Å². The maximum atomic E-state index is 11.2. The fourth-order valence-electron chi connectivity index (χ4n) is 2.39. The van der Waals surface area contributed by atoms with Gasteiger partial charge in [0.05, 0.1) is 0 Å². The van der Waals surface area contributed by atoms with Crippen molar-refractivity contribution in [1.29, 1.82) is 0 Å². The van der Waals surface area contributed by atoms with Crippen LogP contribution in [0.5, 0.6) is 0 Å². The third kappa shape index (κ3) is 1.46. The molecule has 0 aliphatic carbocycles. The van der Waals surface area contributed by atoms with E-state index < -0.39 is 5.79 Å². The van der Waals surface area contributed by atoms with Crippen LogP contribution >= 0.6 is 0 Å². The monoisotopic (exact) mass is 214 g/mol. The Labute approximate surface area is 87.6 Å². The Morgan fingerprint density at radius 2 is 2.07 bits per heavy atom. The summed E-state index contributed by atoms with van der Waals surface area (Å²) in [5, 5.41) is 0. The second-order valence-corrected chi connectivity index (χ2v) is 4.64. The van der Waals surface area contributed by atoms with Crippen molar-refractivity contribution in [3.8, 4) is 0 Å². The molecule has 0 unspecified atom stereocenters. The van der Waals surface area contributed by atoms with Gasteiger partial charge in [0.1, 0.15) is 6.10 Å². The van der Waals surface area contributed by atoms with E-state index in [0.717, 1.165) is 0 Å². The Bertz CT molecular complexity index is 300. The van der Waals surface area contributed by atoms with E-state index in [1.165, 1.54) is 0 Å². The zero-order valence-electron chi connectivity index (χ0n) is 8.76. The summed E-state index contributed by atoms with van der Waals surface area (Å²) in [5.41, 5.74) is 0. The first kappa shape index (κ1) is 9.57. The number of esters is 1. The van der Waals surface area contributed by atoms with Crippen LogP contribution in [-0.2, 0) is 23.7 Å². The summed E-state index contributed by atoms with van der Waals surface area (Å²) in [7, 11) is 0. The maximum absolute atomic E-state index is 11.2. The van der Waals surface area contributed by atoms with Crippen molar-refractivity contribution in [2.24, 2.45) is 0 Å². The van der Waals surface area contributed by atoms with E-state index in [4.69, 9.17) is 18.9 Å². The van der Waals surface area contributed by atoms with Gasteiger partial charge >= 0.3 is 5.97 Å². The average Bonchev–Trinajstić information content (AvgIpc) is 2.58. The molecule has 0 spiro atoms. The number of carbonyl (C=O) groups is 1. The molecule has 0 amide bonds. The Morgan fingerprint density at radius 1 is 1.27 bits per heavy atom. The second-order valence-electron chi connectivity index (χ2n) is 4.64. The molecule has 0 N–H and O–H groups in total. The van der Waals surface area contributed by atoms with Crippen molar-refractivity contribution in [2.45, 2.75) is 57.1 Å². The summed E-state index contributed by atoms with van der Waals surface area (Å²) < 4.78 is 22.1. The van der Waals surface area contributed by atoms with Gasteiger partial charge in [-0.15, -0.1) is 0 Å². The molecule has 0 aromatic carbocycles. The minimum absolute atomic E-state index is 0.0613. The molecular formula is C10H14O5. The molecule has 3 aliphatic rings. The zero-order valence-corrected chi connectivity index (χ0v) is 8.76. The highest BCUT2D eigenvalue weighted by Gasteiger charge is 2.57. The number of hydrogen-bond acceptors (Lipinski definition) is 5. The van der Waals surface area contributed by atoms with Gasteiger partial charge in [0.15, 0.2) is 24.3 Å². The third-order valence-electron chi connectivity index (χ3n) is 2.99. The average molecular weight is 214 g/mol. The minimum atomic E-state index is -0.649. The van der Waals surface area contributed by atoms with Crippen LogP contribution in [0.1, 0.15) is 26.7 Å². The molecule has 3 heterocycles. The van der Waals surface area contributed by atoms with E-state index in [1.807, 2.05) is 13.8 Å². The fraction of sp³-hybridized carbons (Fsp3) is 0.900. The summed E-state index contributed by atoms with van der Waals surface area (Å²) in [5.74, 6) is -0.821. The quantitative estimate of drug-likeness (QED) is 0.552. The highest BCUT2D eigenvalue weighted by atomic mass is 16.8. The normalized spacial score (nSPS) is 47.2. The number of carbonyl (C=O) groups excluding carboxylic acids is 1. The number of hydrogen-bond donors (Lipinski definition) is 0. The van der Waals surface area contributed by atoms with E-state index in [0.29, 0.717) is 12.8 Å². The van der Waals surface area contributed by atoms with Gasteiger partial charge in [0.2, 0.25) is 0 Å². The SMILES string of the molecule is CC1(C)O[C@H]2O[C@@H]3CCC(=O)O[C@@H]3[C@H]2O1. The van der Waals surface area contributed by atoms with E-state index >= 15 is 0 Å². The van der Waals surface area contributed by atoms with Crippen molar-refractivity contribution < 1.29 is 23.7 Å². The van der Waals surface area contributed by atoms with Crippen molar-refractivity contribution >= 4 is 5.97 Å². The third-order valence-corrected chi connectivity index (χ3v) is 2.99. The van der Waals surface area contributed by atoms with Crippen LogP contribution < -0.4 is 0 Å². The first-order valence-electron chi connectivity index (χ1n) is 5.26. The molecule has 0 radical (unpaired) electrons. The van der Waals surface area contributed by atoms with Crippen LogP contribution in [0.2, 0.25) is 0 Å². The molecule has 5 heteroatoms. The van der Waals surface area contributed by atoms with Gasteiger partial charge in [-0.1, -0.05) is 0 Å². The molecule has 4 atom stereocenters. The Balaban J connectivity index is 1.79. The van der Waals surface area contributed by atoms with Crippen molar-refractivity contribution in [1.82, 2.24) is 0 Å². The van der Waals surface area contributed by atoms with E-state index in [-0.39, 0.29) is 30.6 Å². The zero-order chi connectivity index (χ0) is 10.6. The molecule has 84 valence electrons. The van der Waals surface area contributed by atoms with Gasteiger partial charge in [-0.2, -0.15) is 0 Å². The molecular weight excluding hydrogens is 200 g/mol. The van der Waals surface area contributed by atoms with Gasteiger partial charge in [-0.25, -0.2) is 0 Å². The standard InChI is InChI=1S/C10H14O5/c1-10(2)14-8-7-5(12-9(8)15-10)3-4-6(11)13-7/h5,7-9H,3-4H2,1-2H3/t5-,7+,8-,9-/m1/s1. The Morgan fingerprint density at radius 3 is 2.87 bits per heavy atom. The van der Waals surface area contributed by atoms with Crippen LogP contribution in [0.3, 0.4) is 0 Å². The van der Waals surface area contributed by atoms with Gasteiger partial charge < -0.3 is 18.9 Å². The fourth-order valence-corrected chi connectivity index (χ4v) is 2.39. The molecule has 5 nitrogen and oxygen atoms in total. The molecule has 3 saturated heterocycles. The van der Waals surface area contributed by atoms with Crippen LogP contribution in [0.15, 0.2) is 0 Å². The molecule has 0 bridgehead atoms. The molecule has 0 aromatic heterocycles. The largest absolute Gasteiger partial charge is 0.457 e. The first-order valence-corrected chi connectivity index (χ1v) is 5.26. The lowest BCUT2D eigenvalue weighted by atomic mass is 10.0. The molecule has 0 aromatic rings. The predicted molar refractivity (Wildman–Crippen MR) is 47.8 cm³/mol. The highest BCUT2D eigenvalue weighted by Crippen LogP contribution is 2.41. The van der Waals surface area contributed by atoms with Crippen molar-refractivity contribution in [3.63, 3.8) is 0 Å². The predicted octanol–water partition coefficient (Wildman–Crippen LogP) is 0.568. The topological polar surface area (TPSA) is 54.0 Å². The summed E-state index contributed by atoms with van der Waals surface area (Å²) in [6, 6.07) is 0. The number of fused-ring (bicyclic) bond motifs is 3. The lowest BCUT2D eigenvalue weighted by Gasteiger charge is -2.28. The summed E-state index contributed by atoms with van der Waals surface area (Å²) in [6.07, 6.45) is 0.107. The summed E-state index contributed by atoms with van der Waals surface area (Å²) in [6.45, 7) is 3.66. The van der Waals surface area contributed by atoms with Gasteiger partial charge in [0.25, 0.3) is 0 Å². The molecule has 3 aliphatic heterocycles. The van der Waals surface area contributed by atoms with E-state index in [1.54, 1.807) is 0 Å². The number of ether oxygens (including phenoxy) is 4. The number of rotatable bonds is 0. The van der Waals surface area contributed by atoms with Gasteiger partial charge in [0, 0.05) is 6.42 Å².